The number of rotatable bonds is 8. The van der Waals surface area contributed by atoms with Crippen molar-refractivity contribution in [2.24, 2.45) is 0 Å². The van der Waals surface area contributed by atoms with Gasteiger partial charge in [-0.25, -0.2) is 4.79 Å². The number of anilines is 1. The molecule has 1 N–H and O–H groups in total. The monoisotopic (exact) mass is 477 g/mol. The summed E-state index contributed by atoms with van der Waals surface area (Å²) in [5, 5.41) is 2.97. The molecule has 1 aliphatic heterocycles. The van der Waals surface area contributed by atoms with Gasteiger partial charge in [-0.1, -0.05) is 18.2 Å². The maximum atomic E-state index is 13.5. The van der Waals surface area contributed by atoms with Crippen molar-refractivity contribution in [2.45, 2.75) is 46.8 Å². The zero-order chi connectivity index (χ0) is 24.9. The Bertz CT molecular complexity index is 1190. The van der Waals surface area contributed by atoms with Crippen LogP contribution in [-0.2, 0) is 17.9 Å². The quantitative estimate of drug-likeness (QED) is 0.488. The van der Waals surface area contributed by atoms with Gasteiger partial charge in [0.15, 0.2) is 11.5 Å². The molecule has 1 aliphatic rings. The summed E-state index contributed by atoms with van der Waals surface area (Å²) in [5.41, 5.74) is 3.72. The second-order valence-corrected chi connectivity index (χ2v) is 8.92. The van der Waals surface area contributed by atoms with E-state index in [1.54, 1.807) is 22.1 Å². The number of hydrogen-bond acceptors (Lipinski definition) is 5. The van der Waals surface area contributed by atoms with Gasteiger partial charge in [-0.2, -0.15) is 0 Å². The summed E-state index contributed by atoms with van der Waals surface area (Å²) in [6.45, 7) is 8.48. The predicted octanol–water partition coefficient (Wildman–Crippen LogP) is 5.10. The molecule has 4 rings (SSSR count). The van der Waals surface area contributed by atoms with Gasteiger partial charge >= 0.3 is 6.03 Å². The summed E-state index contributed by atoms with van der Waals surface area (Å²) in [6, 6.07) is 14.5. The van der Waals surface area contributed by atoms with Crippen LogP contribution in [0.4, 0.5) is 10.5 Å². The van der Waals surface area contributed by atoms with E-state index >= 15 is 0 Å². The highest BCUT2D eigenvalue weighted by molar-refractivity contribution is 5.93. The molecule has 0 unspecified atom stereocenters. The maximum Gasteiger partial charge on any atom is 0.322 e. The van der Waals surface area contributed by atoms with Gasteiger partial charge < -0.3 is 29.0 Å². The zero-order valence-electron chi connectivity index (χ0n) is 20.5. The molecule has 0 saturated heterocycles. The summed E-state index contributed by atoms with van der Waals surface area (Å²) < 4.78 is 16.4. The summed E-state index contributed by atoms with van der Waals surface area (Å²) in [6.07, 6.45) is 1.58. The van der Waals surface area contributed by atoms with Crippen molar-refractivity contribution in [3.63, 3.8) is 0 Å². The largest absolute Gasteiger partial charge is 0.467 e. The van der Waals surface area contributed by atoms with E-state index in [4.69, 9.17) is 13.9 Å². The second kappa shape index (κ2) is 10.5. The number of carbonyl (C=O) groups is 2. The van der Waals surface area contributed by atoms with Gasteiger partial charge in [0.1, 0.15) is 12.3 Å². The molecule has 0 bridgehead atoms. The smallest absolute Gasteiger partial charge is 0.322 e. The van der Waals surface area contributed by atoms with Crippen LogP contribution in [0.2, 0.25) is 0 Å². The number of furan rings is 1. The lowest BCUT2D eigenvalue weighted by molar-refractivity contribution is -0.133. The van der Waals surface area contributed by atoms with Gasteiger partial charge in [0, 0.05) is 18.3 Å². The molecule has 0 saturated carbocycles. The molecular formula is C27H31N3O5. The Morgan fingerprint density at radius 2 is 1.80 bits per heavy atom. The number of nitrogens with zero attached hydrogens (tertiary/aromatic N) is 2. The first kappa shape index (κ1) is 24.2. The van der Waals surface area contributed by atoms with Crippen LogP contribution in [0.15, 0.2) is 59.2 Å². The third kappa shape index (κ3) is 5.77. The number of fused-ring (bicyclic) bond motifs is 1. The number of benzene rings is 2. The first-order valence-corrected chi connectivity index (χ1v) is 11.6. The number of carbonyl (C=O) groups excluding carboxylic acids is 2. The van der Waals surface area contributed by atoms with Gasteiger partial charge in [0.2, 0.25) is 12.7 Å². The standard InChI is InChI=1S/C27H31N3O5/c1-18(2)30(27(32)28-23-9-5-7-19(3)20(23)4)16-26(31)29(15-22-8-6-12-33-22)14-21-10-11-24-25(13-21)35-17-34-24/h5-13,18H,14-17H2,1-4H3,(H,28,32). The van der Waals surface area contributed by atoms with Gasteiger partial charge in [0.25, 0.3) is 0 Å². The summed E-state index contributed by atoms with van der Waals surface area (Å²) in [5.74, 6) is 1.82. The Hall–Kier alpha value is -3.94. The minimum atomic E-state index is -0.317. The Kier molecular flexibility index (Phi) is 7.29. The van der Waals surface area contributed by atoms with Crippen LogP contribution in [0.5, 0.6) is 11.5 Å². The fourth-order valence-electron chi connectivity index (χ4n) is 3.89. The molecule has 35 heavy (non-hydrogen) atoms. The van der Waals surface area contributed by atoms with Crippen LogP contribution in [0.1, 0.15) is 36.3 Å². The number of urea groups is 1. The lowest BCUT2D eigenvalue weighted by Crippen LogP contribution is -2.47. The summed E-state index contributed by atoms with van der Waals surface area (Å²) in [7, 11) is 0. The van der Waals surface area contributed by atoms with Crippen molar-refractivity contribution in [3.05, 3.63) is 77.2 Å². The molecule has 184 valence electrons. The molecule has 0 aliphatic carbocycles. The molecule has 1 aromatic heterocycles. The molecule has 0 spiro atoms. The zero-order valence-corrected chi connectivity index (χ0v) is 20.5. The van der Waals surface area contributed by atoms with Gasteiger partial charge in [0.05, 0.1) is 12.8 Å². The SMILES string of the molecule is Cc1cccc(NC(=O)N(CC(=O)N(Cc2ccc3c(c2)OCO3)Cc2ccco2)C(C)C)c1C. The van der Waals surface area contributed by atoms with Gasteiger partial charge in [-0.05, 0) is 74.7 Å². The topological polar surface area (TPSA) is 84.3 Å². The predicted molar refractivity (Wildman–Crippen MR) is 132 cm³/mol. The van der Waals surface area contributed by atoms with Crippen molar-refractivity contribution in [2.75, 3.05) is 18.7 Å². The van der Waals surface area contributed by atoms with E-state index in [0.717, 1.165) is 22.4 Å². The Morgan fingerprint density at radius 3 is 2.54 bits per heavy atom. The Balaban J connectivity index is 1.51. The average Bonchev–Trinajstić information content (AvgIpc) is 3.51. The van der Waals surface area contributed by atoms with Gasteiger partial charge in [-0.3, -0.25) is 4.79 Å². The van der Waals surface area contributed by atoms with E-state index in [-0.39, 0.29) is 37.9 Å². The van der Waals surface area contributed by atoms with Crippen LogP contribution < -0.4 is 14.8 Å². The minimum absolute atomic E-state index is 0.0698. The Morgan fingerprint density at radius 1 is 1.00 bits per heavy atom. The Labute approximate surface area is 205 Å². The van der Waals surface area contributed by atoms with Crippen LogP contribution in [0, 0.1) is 13.8 Å². The van der Waals surface area contributed by atoms with E-state index < -0.39 is 0 Å². The molecule has 0 atom stereocenters. The van der Waals surface area contributed by atoms with Crippen molar-refractivity contribution in [1.29, 1.82) is 0 Å². The van der Waals surface area contributed by atoms with Crippen molar-refractivity contribution in [3.8, 4) is 11.5 Å². The highest BCUT2D eigenvalue weighted by atomic mass is 16.7. The average molecular weight is 478 g/mol. The molecule has 0 radical (unpaired) electrons. The molecule has 0 fully saturated rings. The molecule has 8 nitrogen and oxygen atoms in total. The van der Waals surface area contributed by atoms with Crippen LogP contribution in [-0.4, -0.2) is 41.1 Å². The third-order valence-corrected chi connectivity index (χ3v) is 6.13. The normalized spacial score (nSPS) is 12.0. The van der Waals surface area contributed by atoms with E-state index in [2.05, 4.69) is 5.32 Å². The van der Waals surface area contributed by atoms with E-state index in [0.29, 0.717) is 23.8 Å². The summed E-state index contributed by atoms with van der Waals surface area (Å²) >= 11 is 0. The van der Waals surface area contributed by atoms with E-state index in [9.17, 15) is 9.59 Å². The van der Waals surface area contributed by atoms with Crippen LogP contribution in [0.25, 0.3) is 0 Å². The lowest BCUT2D eigenvalue weighted by atomic mass is 10.1. The first-order valence-electron chi connectivity index (χ1n) is 11.6. The molecule has 2 aromatic carbocycles. The van der Waals surface area contributed by atoms with Crippen molar-refractivity contribution < 1.29 is 23.5 Å². The minimum Gasteiger partial charge on any atom is -0.467 e. The molecule has 3 amide bonds. The summed E-state index contributed by atoms with van der Waals surface area (Å²) in [4.78, 5) is 29.9. The highest BCUT2D eigenvalue weighted by Crippen LogP contribution is 2.33. The molecule has 2 heterocycles. The first-order chi connectivity index (χ1) is 16.8. The number of nitrogens with one attached hydrogen (secondary N) is 1. The van der Waals surface area contributed by atoms with E-state index in [1.165, 1.54) is 0 Å². The maximum absolute atomic E-state index is 13.5. The van der Waals surface area contributed by atoms with Crippen molar-refractivity contribution >= 4 is 17.6 Å². The van der Waals surface area contributed by atoms with Crippen molar-refractivity contribution in [1.82, 2.24) is 9.80 Å². The lowest BCUT2D eigenvalue weighted by Gasteiger charge is -2.30. The van der Waals surface area contributed by atoms with Gasteiger partial charge in [-0.15, -0.1) is 0 Å². The number of ether oxygens (including phenoxy) is 2. The molecular weight excluding hydrogens is 446 g/mol. The number of hydrogen-bond donors (Lipinski definition) is 1. The fraction of sp³-hybridized carbons (Fsp3) is 0.333. The van der Waals surface area contributed by atoms with Crippen LogP contribution >= 0.6 is 0 Å². The number of amides is 3. The van der Waals surface area contributed by atoms with Crippen LogP contribution in [0.3, 0.4) is 0 Å². The van der Waals surface area contributed by atoms with E-state index in [1.807, 2.05) is 70.2 Å². The second-order valence-electron chi connectivity index (χ2n) is 8.92. The number of aryl methyl sites for hydroxylation is 1. The highest BCUT2D eigenvalue weighted by Gasteiger charge is 2.25. The third-order valence-electron chi connectivity index (χ3n) is 6.13. The fourth-order valence-corrected chi connectivity index (χ4v) is 3.89. The molecule has 8 heteroatoms. The molecule has 3 aromatic rings.